The molecule has 2 saturated heterocycles. The van der Waals surface area contributed by atoms with Gasteiger partial charge in [0.15, 0.2) is 29.0 Å². The fraction of sp³-hybridized carbons (Fsp3) is 0.333. The van der Waals surface area contributed by atoms with Gasteiger partial charge in [0.1, 0.15) is 26.7 Å². The lowest BCUT2D eigenvalue weighted by molar-refractivity contribution is -0.504. The van der Waals surface area contributed by atoms with Crippen molar-refractivity contribution in [3.05, 3.63) is 87.2 Å². The van der Waals surface area contributed by atoms with Crippen LogP contribution in [0.2, 0.25) is 13.1 Å². The molecule has 2 aromatic carbocycles. The number of carboxylic acids is 1. The Kier molecular flexibility index (Phi) is 6.17. The first-order valence-electron chi connectivity index (χ1n) is 13.4. The van der Waals surface area contributed by atoms with Gasteiger partial charge in [0.25, 0.3) is 0 Å². The van der Waals surface area contributed by atoms with E-state index in [0.717, 1.165) is 73.6 Å². The second kappa shape index (κ2) is 9.33. The van der Waals surface area contributed by atoms with Gasteiger partial charge in [0.05, 0.1) is 0 Å². The number of carbonyl (C=O) groups is 1. The molecule has 0 radical (unpaired) electrons. The first kappa shape index (κ1) is 25.8. The summed E-state index contributed by atoms with van der Waals surface area (Å²) in [6.07, 6.45) is 10.1. The Balaban J connectivity index is 1.70. The number of halogens is 4. The Labute approximate surface area is 225 Å². The summed E-state index contributed by atoms with van der Waals surface area (Å²) >= 11 is 0. The molecule has 0 aromatic heterocycles. The topological polar surface area (TPSA) is 43.6 Å². The number of rotatable bonds is 3. The molecule has 9 heteroatoms. The Bertz CT molecular complexity index is 1560. The third-order valence-corrected chi connectivity index (χ3v) is 12.1. The average molecular weight is 554 g/mol. The van der Waals surface area contributed by atoms with Crippen molar-refractivity contribution in [3.63, 3.8) is 0 Å². The zero-order valence-electron chi connectivity index (χ0n) is 21.9. The number of allylic oxidation sites excluding steroid dienone is 5. The first-order chi connectivity index (χ1) is 18.6. The molecule has 2 fully saturated rings. The Hall–Kier alpha value is -3.46. The van der Waals surface area contributed by atoms with Crippen molar-refractivity contribution in [1.29, 1.82) is 0 Å². The highest BCUT2D eigenvalue weighted by Gasteiger charge is 2.43. The maximum atomic E-state index is 15.6. The van der Waals surface area contributed by atoms with Crippen LogP contribution in [0, 0.1) is 23.3 Å². The van der Waals surface area contributed by atoms with Crippen LogP contribution in [0.15, 0.2) is 47.2 Å². The molecular weight excluding hydrogens is 524 g/mol. The van der Waals surface area contributed by atoms with Crippen LogP contribution in [-0.4, -0.2) is 55.6 Å². The van der Waals surface area contributed by atoms with Crippen LogP contribution in [-0.2, 0) is 0 Å². The largest absolute Gasteiger partial charge is 0.478 e. The number of anilines is 1. The summed E-state index contributed by atoms with van der Waals surface area (Å²) in [7, 11) is -2.48. The molecule has 202 valence electrons. The molecule has 0 atom stereocenters. The van der Waals surface area contributed by atoms with Gasteiger partial charge in [-0.2, -0.15) is 0 Å². The molecule has 6 rings (SSSR count). The van der Waals surface area contributed by atoms with Gasteiger partial charge in [-0.25, -0.2) is 26.9 Å². The van der Waals surface area contributed by atoms with Crippen LogP contribution in [0.3, 0.4) is 0 Å². The molecule has 1 N–H and O–H groups in total. The van der Waals surface area contributed by atoms with Crippen molar-refractivity contribution in [2.75, 3.05) is 31.1 Å². The SMILES string of the molecule is C[Si]1(C)C2=CC(=[N+]3CCCC3)C=CC2=C(c2c(F)c(F)c(F)c(F)c2C(=O)O)c2ccc(N3CCCC3)cc21. The Morgan fingerprint density at radius 2 is 1.59 bits per heavy atom. The highest BCUT2D eigenvalue weighted by molar-refractivity contribution is 6.98. The minimum Gasteiger partial charge on any atom is -0.478 e. The monoisotopic (exact) mass is 553 g/mol. The fourth-order valence-corrected chi connectivity index (χ4v) is 9.58. The van der Waals surface area contributed by atoms with Gasteiger partial charge in [-0.05, 0) is 58.1 Å². The predicted molar refractivity (Wildman–Crippen MR) is 146 cm³/mol. The lowest BCUT2D eigenvalue weighted by Crippen LogP contribution is -2.50. The normalized spacial score (nSPS) is 19.9. The van der Waals surface area contributed by atoms with E-state index in [4.69, 9.17) is 0 Å². The van der Waals surface area contributed by atoms with Crippen molar-refractivity contribution >= 4 is 36.2 Å². The van der Waals surface area contributed by atoms with E-state index >= 15 is 4.39 Å². The molecule has 0 amide bonds. The van der Waals surface area contributed by atoms with Crippen LogP contribution in [0.4, 0.5) is 23.2 Å². The fourth-order valence-electron chi connectivity index (χ4n) is 6.51. The molecule has 2 aromatic rings. The standard InChI is InChI=1S/C30H28F4N2O2Si/c1-39(2)21-15-17(35-11-3-4-12-35)7-9-19(21)23(20-10-8-18(16-22(20)39)36-13-5-6-14-36)24-25(30(37)38)27(32)29(34)28(33)26(24)31/h7-10,15-16H,3-6,11-14H2,1-2H3/p+1. The van der Waals surface area contributed by atoms with Crippen LogP contribution in [0.1, 0.15) is 47.2 Å². The van der Waals surface area contributed by atoms with Gasteiger partial charge >= 0.3 is 5.97 Å². The van der Waals surface area contributed by atoms with Crippen molar-refractivity contribution in [1.82, 2.24) is 0 Å². The maximum absolute atomic E-state index is 15.6. The highest BCUT2D eigenvalue weighted by atomic mass is 28.3. The second-order valence-corrected chi connectivity index (χ2v) is 15.5. The van der Waals surface area contributed by atoms with Gasteiger partial charge in [0, 0.05) is 49.3 Å². The van der Waals surface area contributed by atoms with E-state index in [1.807, 2.05) is 12.1 Å². The van der Waals surface area contributed by atoms with Gasteiger partial charge in [-0.15, -0.1) is 0 Å². The van der Waals surface area contributed by atoms with E-state index in [9.17, 15) is 23.1 Å². The molecule has 4 nitrogen and oxygen atoms in total. The van der Waals surface area contributed by atoms with Crippen LogP contribution < -0.4 is 10.1 Å². The lowest BCUT2D eigenvalue weighted by Gasteiger charge is -2.38. The number of benzene rings is 2. The third kappa shape index (κ3) is 3.92. The van der Waals surface area contributed by atoms with E-state index < -0.39 is 48.4 Å². The molecule has 0 bridgehead atoms. The van der Waals surface area contributed by atoms with E-state index in [0.29, 0.717) is 11.1 Å². The molecule has 4 aliphatic rings. The highest BCUT2D eigenvalue weighted by Crippen LogP contribution is 2.44. The van der Waals surface area contributed by atoms with Crippen molar-refractivity contribution in [2.24, 2.45) is 0 Å². The zero-order valence-corrected chi connectivity index (χ0v) is 22.9. The summed E-state index contributed by atoms with van der Waals surface area (Å²) in [5.41, 5.74) is 1.22. The second-order valence-electron chi connectivity index (χ2n) is 11.2. The Morgan fingerprint density at radius 3 is 2.26 bits per heavy atom. The molecule has 3 aliphatic heterocycles. The predicted octanol–water partition coefficient (Wildman–Crippen LogP) is 5.56. The molecule has 1 aliphatic carbocycles. The van der Waals surface area contributed by atoms with Crippen LogP contribution >= 0.6 is 0 Å². The molecule has 0 saturated carbocycles. The minimum absolute atomic E-state index is 0.0838. The number of carboxylic acid groups (broad SMARTS) is 1. The van der Waals surface area contributed by atoms with Gasteiger partial charge < -0.3 is 10.0 Å². The average Bonchev–Trinajstić information content (AvgIpc) is 3.65. The first-order valence-corrected chi connectivity index (χ1v) is 16.4. The van der Waals surface area contributed by atoms with E-state index in [-0.39, 0.29) is 5.57 Å². The smallest absolute Gasteiger partial charge is 0.339 e. The summed E-state index contributed by atoms with van der Waals surface area (Å²) in [6, 6.07) is 5.77. The molecule has 0 unspecified atom stereocenters. The molecule has 3 heterocycles. The van der Waals surface area contributed by atoms with E-state index in [2.05, 4.69) is 34.7 Å². The summed E-state index contributed by atoms with van der Waals surface area (Å²) in [5, 5.41) is 11.7. The molecule has 0 spiro atoms. The van der Waals surface area contributed by atoms with Gasteiger partial charge in [-0.1, -0.05) is 19.2 Å². The van der Waals surface area contributed by atoms with Crippen molar-refractivity contribution in [2.45, 2.75) is 38.8 Å². The lowest BCUT2D eigenvalue weighted by atomic mass is 9.86. The number of hydrogen-bond acceptors (Lipinski definition) is 2. The maximum Gasteiger partial charge on any atom is 0.339 e. The minimum atomic E-state index is -2.48. The Morgan fingerprint density at radius 1 is 0.923 bits per heavy atom. The van der Waals surface area contributed by atoms with Gasteiger partial charge in [0.2, 0.25) is 0 Å². The summed E-state index contributed by atoms with van der Waals surface area (Å²) < 4.78 is 61.8. The molecule has 39 heavy (non-hydrogen) atoms. The van der Waals surface area contributed by atoms with E-state index in [1.165, 1.54) is 0 Å². The summed E-state index contributed by atoms with van der Waals surface area (Å²) in [6.45, 7) is 8.03. The van der Waals surface area contributed by atoms with Crippen molar-refractivity contribution in [3.8, 4) is 0 Å². The third-order valence-electron chi connectivity index (χ3n) is 8.57. The molecular formula is C30H29F4N2O2Si+. The number of fused-ring (bicyclic) bond motifs is 2. The summed E-state index contributed by atoms with van der Waals surface area (Å²) in [4.78, 5) is 14.5. The van der Waals surface area contributed by atoms with E-state index in [1.54, 1.807) is 12.1 Å². The van der Waals surface area contributed by atoms with Gasteiger partial charge in [-0.3, -0.25) is 0 Å². The van der Waals surface area contributed by atoms with Crippen LogP contribution in [0.25, 0.3) is 5.57 Å². The van der Waals surface area contributed by atoms with Crippen LogP contribution in [0.5, 0.6) is 0 Å². The van der Waals surface area contributed by atoms with Crippen molar-refractivity contribution < 1.29 is 32.0 Å². The summed E-state index contributed by atoms with van der Waals surface area (Å²) in [5.74, 6) is -9.62. The zero-order chi connectivity index (χ0) is 27.6. The quantitative estimate of drug-likeness (QED) is 0.178. The number of aromatic carboxylic acids is 1. The number of nitrogens with zero attached hydrogens (tertiary/aromatic N) is 2. The number of hydrogen-bond donors (Lipinski definition) is 1.